The van der Waals surface area contributed by atoms with Gasteiger partial charge < -0.3 is 9.80 Å². The zero-order valence-electron chi connectivity index (χ0n) is 12.7. The largest absolute Gasteiger partial charge is 0.334 e. The Bertz CT molecular complexity index is 622. The van der Waals surface area contributed by atoms with Crippen molar-refractivity contribution in [3.05, 3.63) is 35.1 Å². The predicted molar refractivity (Wildman–Crippen MR) is 83.9 cm³/mol. The highest BCUT2D eigenvalue weighted by Crippen LogP contribution is 2.32. The van der Waals surface area contributed by atoms with Crippen molar-refractivity contribution in [3.63, 3.8) is 0 Å². The molecule has 2 aliphatic rings. The van der Waals surface area contributed by atoms with Crippen LogP contribution in [-0.4, -0.2) is 45.8 Å². The standard InChI is InChI=1S/C16H19FN2O2S/c1-10-14-4-3-13(17)7-12(14)5-6-18(10)16(21)15-8-22-9-19(15)11(2)20/h3-4,7,10,15H,5-6,8-9H2,1-2H3. The van der Waals surface area contributed by atoms with Crippen molar-refractivity contribution >= 4 is 23.6 Å². The first kappa shape index (κ1) is 15.3. The number of nitrogens with zero attached hydrogens (tertiary/aromatic N) is 2. The molecule has 0 N–H and O–H groups in total. The van der Waals surface area contributed by atoms with Crippen LogP contribution in [0.15, 0.2) is 18.2 Å². The predicted octanol–water partition coefficient (Wildman–Crippen LogP) is 2.19. The highest BCUT2D eigenvalue weighted by molar-refractivity contribution is 7.99. The van der Waals surface area contributed by atoms with E-state index in [0.29, 0.717) is 24.6 Å². The summed E-state index contributed by atoms with van der Waals surface area (Å²) in [6, 6.07) is 4.31. The first-order valence-corrected chi connectivity index (χ1v) is 8.58. The van der Waals surface area contributed by atoms with Gasteiger partial charge in [-0.25, -0.2) is 4.39 Å². The van der Waals surface area contributed by atoms with E-state index >= 15 is 0 Å². The van der Waals surface area contributed by atoms with Gasteiger partial charge in [0.1, 0.15) is 11.9 Å². The van der Waals surface area contributed by atoms with E-state index in [4.69, 9.17) is 0 Å². The molecule has 1 aromatic rings. The maximum Gasteiger partial charge on any atom is 0.246 e. The number of amides is 2. The summed E-state index contributed by atoms with van der Waals surface area (Å²) in [4.78, 5) is 28.0. The molecule has 0 spiro atoms. The summed E-state index contributed by atoms with van der Waals surface area (Å²) in [6.07, 6.45) is 0.656. The van der Waals surface area contributed by atoms with E-state index in [9.17, 15) is 14.0 Å². The van der Waals surface area contributed by atoms with Crippen LogP contribution in [0.4, 0.5) is 4.39 Å². The average molecular weight is 322 g/mol. The smallest absolute Gasteiger partial charge is 0.246 e. The van der Waals surface area contributed by atoms with Gasteiger partial charge in [-0.1, -0.05) is 6.07 Å². The van der Waals surface area contributed by atoms with E-state index in [1.807, 2.05) is 11.8 Å². The average Bonchev–Trinajstić information content (AvgIpc) is 2.96. The molecule has 3 rings (SSSR count). The lowest BCUT2D eigenvalue weighted by Gasteiger charge is -2.38. The van der Waals surface area contributed by atoms with Crippen LogP contribution >= 0.6 is 11.8 Å². The molecular weight excluding hydrogens is 303 g/mol. The molecule has 1 saturated heterocycles. The van der Waals surface area contributed by atoms with Crippen LogP contribution in [0.3, 0.4) is 0 Å². The lowest BCUT2D eigenvalue weighted by atomic mass is 9.93. The highest BCUT2D eigenvalue weighted by Gasteiger charge is 2.38. The third-order valence-corrected chi connectivity index (χ3v) is 5.51. The van der Waals surface area contributed by atoms with Crippen LogP contribution in [-0.2, 0) is 16.0 Å². The molecule has 0 saturated carbocycles. The molecule has 4 nitrogen and oxygen atoms in total. The molecule has 22 heavy (non-hydrogen) atoms. The third-order valence-electron chi connectivity index (χ3n) is 4.50. The Kier molecular flexibility index (Phi) is 4.12. The number of fused-ring (bicyclic) bond motifs is 1. The minimum Gasteiger partial charge on any atom is -0.334 e. The van der Waals surface area contributed by atoms with E-state index < -0.39 is 0 Å². The van der Waals surface area contributed by atoms with Crippen LogP contribution in [0.1, 0.15) is 31.0 Å². The normalized spacial score (nSPS) is 24.3. The SMILES string of the molecule is CC(=O)N1CSCC1C(=O)N1CCc2cc(F)ccc2C1C. The quantitative estimate of drug-likeness (QED) is 0.796. The van der Waals surface area contributed by atoms with E-state index in [2.05, 4.69) is 0 Å². The van der Waals surface area contributed by atoms with Crippen molar-refractivity contribution in [3.8, 4) is 0 Å². The summed E-state index contributed by atoms with van der Waals surface area (Å²) < 4.78 is 13.3. The minimum absolute atomic E-state index is 0.00248. The molecule has 2 aliphatic heterocycles. The molecule has 2 atom stereocenters. The summed E-state index contributed by atoms with van der Waals surface area (Å²) in [5, 5.41) is 0. The molecule has 1 fully saturated rings. The van der Waals surface area contributed by atoms with Gasteiger partial charge in [0.05, 0.1) is 11.9 Å². The molecule has 0 aliphatic carbocycles. The molecule has 6 heteroatoms. The highest BCUT2D eigenvalue weighted by atomic mass is 32.2. The van der Waals surface area contributed by atoms with E-state index in [-0.39, 0.29) is 29.7 Å². The molecule has 0 bridgehead atoms. The molecule has 2 heterocycles. The number of halogens is 1. The number of rotatable bonds is 1. The van der Waals surface area contributed by atoms with Crippen molar-refractivity contribution in [2.45, 2.75) is 32.4 Å². The maximum absolute atomic E-state index is 13.3. The zero-order valence-corrected chi connectivity index (χ0v) is 13.5. The molecule has 2 amide bonds. The number of benzene rings is 1. The maximum atomic E-state index is 13.3. The van der Waals surface area contributed by atoms with Crippen molar-refractivity contribution in [1.82, 2.24) is 9.80 Å². The molecule has 0 radical (unpaired) electrons. The van der Waals surface area contributed by atoms with Gasteiger partial charge in [-0.3, -0.25) is 9.59 Å². The summed E-state index contributed by atoms with van der Waals surface area (Å²) in [7, 11) is 0. The fraction of sp³-hybridized carbons (Fsp3) is 0.500. The fourth-order valence-electron chi connectivity index (χ4n) is 3.25. The topological polar surface area (TPSA) is 40.6 Å². The fourth-order valence-corrected chi connectivity index (χ4v) is 4.46. The Morgan fingerprint density at radius 3 is 2.82 bits per heavy atom. The lowest BCUT2D eigenvalue weighted by Crippen LogP contribution is -2.50. The Morgan fingerprint density at radius 1 is 1.32 bits per heavy atom. The molecule has 118 valence electrons. The van der Waals surface area contributed by atoms with Gasteiger partial charge in [0.15, 0.2) is 0 Å². The Labute approximate surface area is 133 Å². The first-order chi connectivity index (χ1) is 10.5. The summed E-state index contributed by atoms with van der Waals surface area (Å²) in [6.45, 7) is 4.04. The second kappa shape index (κ2) is 5.91. The first-order valence-electron chi connectivity index (χ1n) is 7.43. The van der Waals surface area contributed by atoms with Crippen molar-refractivity contribution in [2.75, 3.05) is 18.2 Å². The van der Waals surface area contributed by atoms with Crippen LogP contribution < -0.4 is 0 Å². The van der Waals surface area contributed by atoms with Gasteiger partial charge in [0.25, 0.3) is 0 Å². The summed E-state index contributed by atoms with van der Waals surface area (Å²) >= 11 is 1.61. The van der Waals surface area contributed by atoms with Gasteiger partial charge in [0.2, 0.25) is 11.8 Å². The van der Waals surface area contributed by atoms with E-state index in [1.54, 1.807) is 28.8 Å². The van der Waals surface area contributed by atoms with Gasteiger partial charge in [-0.15, -0.1) is 11.8 Å². The van der Waals surface area contributed by atoms with Gasteiger partial charge in [0, 0.05) is 19.2 Å². The monoisotopic (exact) mass is 322 g/mol. The third kappa shape index (κ3) is 2.60. The second-order valence-corrected chi connectivity index (χ2v) is 6.81. The molecule has 0 aromatic heterocycles. The zero-order chi connectivity index (χ0) is 15.9. The van der Waals surface area contributed by atoms with Crippen LogP contribution in [0.2, 0.25) is 0 Å². The summed E-state index contributed by atoms with van der Waals surface area (Å²) in [5.41, 5.74) is 1.97. The Balaban J connectivity index is 1.82. The van der Waals surface area contributed by atoms with Crippen molar-refractivity contribution in [2.24, 2.45) is 0 Å². The van der Waals surface area contributed by atoms with Gasteiger partial charge >= 0.3 is 0 Å². The number of hydrogen-bond acceptors (Lipinski definition) is 3. The number of carbonyl (C=O) groups excluding carboxylic acids is 2. The Morgan fingerprint density at radius 2 is 2.09 bits per heavy atom. The van der Waals surface area contributed by atoms with Crippen LogP contribution in [0.25, 0.3) is 0 Å². The number of carbonyl (C=O) groups is 2. The lowest BCUT2D eigenvalue weighted by molar-refractivity contribution is -0.144. The minimum atomic E-state index is -0.369. The van der Waals surface area contributed by atoms with Crippen molar-refractivity contribution < 1.29 is 14.0 Å². The molecule has 2 unspecified atom stereocenters. The number of hydrogen-bond donors (Lipinski definition) is 0. The molecular formula is C16H19FN2O2S. The van der Waals surface area contributed by atoms with Gasteiger partial charge in [-0.2, -0.15) is 0 Å². The van der Waals surface area contributed by atoms with E-state index in [0.717, 1.165) is 11.1 Å². The van der Waals surface area contributed by atoms with Crippen LogP contribution in [0.5, 0.6) is 0 Å². The van der Waals surface area contributed by atoms with Crippen molar-refractivity contribution in [1.29, 1.82) is 0 Å². The van der Waals surface area contributed by atoms with E-state index in [1.165, 1.54) is 13.0 Å². The second-order valence-electron chi connectivity index (χ2n) is 5.81. The van der Waals surface area contributed by atoms with Crippen LogP contribution in [0, 0.1) is 5.82 Å². The Hall–Kier alpha value is -1.56. The number of thioether (sulfide) groups is 1. The van der Waals surface area contributed by atoms with Gasteiger partial charge in [-0.05, 0) is 36.6 Å². The summed E-state index contributed by atoms with van der Waals surface area (Å²) in [5.74, 6) is 0.937. The molecule has 1 aromatic carbocycles.